The highest BCUT2D eigenvalue weighted by atomic mass is 32.2. The van der Waals surface area contributed by atoms with Gasteiger partial charge in [-0.1, -0.05) is 43.9 Å². The summed E-state index contributed by atoms with van der Waals surface area (Å²) in [6.45, 7) is 4.12. The fourth-order valence-electron chi connectivity index (χ4n) is 4.22. The smallest absolute Gasteiger partial charge is 0.379 e. The Morgan fingerprint density at radius 3 is 2.41 bits per heavy atom. The molecule has 2 aromatic carbocycles. The number of halogens is 3. The predicted molar refractivity (Wildman–Crippen MR) is 123 cm³/mol. The lowest BCUT2D eigenvalue weighted by Crippen LogP contribution is -2.36. The van der Waals surface area contributed by atoms with Crippen LogP contribution in [0.15, 0.2) is 53.4 Å². The van der Waals surface area contributed by atoms with Gasteiger partial charge in [-0.15, -0.1) is 0 Å². The third-order valence-corrected chi connectivity index (χ3v) is 7.34. The standard InChI is InChI=1S/C25H30F3NO4S/c1-18(2)29(24(30)14-13-19-7-3-4-8-19)17-20-9-5-11-22(15-20)33-34(31,32)23-12-6-10-21(16-23)25(26,27)28/h5-6,9-12,15-16,18-19H,3-4,7-8,13-14,17H2,1-2H3. The molecule has 0 unspecified atom stereocenters. The van der Waals surface area contributed by atoms with Crippen LogP contribution >= 0.6 is 0 Å². The van der Waals surface area contributed by atoms with Gasteiger partial charge in [0.25, 0.3) is 0 Å². The van der Waals surface area contributed by atoms with Gasteiger partial charge in [0.05, 0.1) is 5.56 Å². The highest BCUT2D eigenvalue weighted by molar-refractivity contribution is 7.87. The van der Waals surface area contributed by atoms with Crippen LogP contribution in [0.2, 0.25) is 0 Å². The van der Waals surface area contributed by atoms with E-state index in [4.69, 9.17) is 4.18 Å². The summed E-state index contributed by atoms with van der Waals surface area (Å²) in [5, 5.41) is 0. The second kappa shape index (κ2) is 10.8. The second-order valence-electron chi connectivity index (χ2n) is 9.01. The third kappa shape index (κ3) is 6.98. The second-order valence-corrected chi connectivity index (χ2v) is 10.6. The van der Waals surface area contributed by atoms with Gasteiger partial charge in [-0.05, 0) is 62.1 Å². The Labute approximate surface area is 199 Å². The Kier molecular flexibility index (Phi) is 8.28. The normalized spacial score (nSPS) is 15.0. The van der Waals surface area contributed by atoms with Crippen LogP contribution in [0.25, 0.3) is 0 Å². The van der Waals surface area contributed by atoms with E-state index < -0.39 is 26.8 Å². The molecule has 0 radical (unpaired) electrons. The number of hydrogen-bond donors (Lipinski definition) is 0. The lowest BCUT2D eigenvalue weighted by Gasteiger charge is -2.27. The van der Waals surface area contributed by atoms with Crippen molar-refractivity contribution in [2.45, 2.75) is 76.0 Å². The molecule has 1 amide bonds. The van der Waals surface area contributed by atoms with Crippen LogP contribution in [0.5, 0.6) is 5.75 Å². The zero-order chi connectivity index (χ0) is 24.9. The SMILES string of the molecule is CC(C)N(Cc1cccc(OS(=O)(=O)c2cccc(C(F)(F)F)c2)c1)C(=O)CCC1CCCC1. The third-order valence-electron chi connectivity index (χ3n) is 6.09. The maximum Gasteiger partial charge on any atom is 0.416 e. The Balaban J connectivity index is 1.71. The molecular formula is C25H30F3NO4S. The summed E-state index contributed by atoms with van der Waals surface area (Å²) in [6, 6.07) is 9.62. The lowest BCUT2D eigenvalue weighted by molar-refractivity contribution is -0.137. The summed E-state index contributed by atoms with van der Waals surface area (Å²) in [5.74, 6) is 0.623. The van der Waals surface area contributed by atoms with Gasteiger partial charge in [-0.3, -0.25) is 4.79 Å². The Hall–Kier alpha value is -2.55. The first kappa shape index (κ1) is 26.1. The van der Waals surface area contributed by atoms with Gasteiger partial charge in [-0.25, -0.2) is 0 Å². The van der Waals surface area contributed by atoms with Crippen LogP contribution in [0, 0.1) is 5.92 Å². The number of alkyl halides is 3. The molecule has 1 saturated carbocycles. The molecular weight excluding hydrogens is 467 g/mol. The zero-order valence-electron chi connectivity index (χ0n) is 19.3. The van der Waals surface area contributed by atoms with Gasteiger partial charge < -0.3 is 9.08 Å². The van der Waals surface area contributed by atoms with E-state index in [-0.39, 0.29) is 24.2 Å². The number of amides is 1. The van der Waals surface area contributed by atoms with Crippen molar-refractivity contribution in [3.63, 3.8) is 0 Å². The number of benzene rings is 2. The number of carbonyl (C=O) groups excluding carboxylic acids is 1. The molecule has 0 atom stereocenters. The van der Waals surface area contributed by atoms with Crippen molar-refractivity contribution in [3.05, 3.63) is 59.7 Å². The van der Waals surface area contributed by atoms with E-state index in [2.05, 4.69) is 0 Å². The van der Waals surface area contributed by atoms with Crippen molar-refractivity contribution in [2.75, 3.05) is 0 Å². The molecule has 3 rings (SSSR count). The molecule has 0 bridgehead atoms. The van der Waals surface area contributed by atoms with E-state index in [1.807, 2.05) is 13.8 Å². The highest BCUT2D eigenvalue weighted by Crippen LogP contribution is 2.32. The van der Waals surface area contributed by atoms with Gasteiger partial charge in [0.15, 0.2) is 0 Å². The quantitative estimate of drug-likeness (QED) is 0.388. The summed E-state index contributed by atoms with van der Waals surface area (Å²) >= 11 is 0. The molecule has 1 aliphatic rings. The van der Waals surface area contributed by atoms with E-state index in [9.17, 15) is 26.4 Å². The van der Waals surface area contributed by atoms with Crippen molar-refractivity contribution in [1.82, 2.24) is 4.90 Å². The maximum atomic E-state index is 13.0. The highest BCUT2D eigenvalue weighted by Gasteiger charge is 2.32. The number of carbonyl (C=O) groups is 1. The van der Waals surface area contributed by atoms with Crippen LogP contribution in [0.3, 0.4) is 0 Å². The molecule has 0 heterocycles. The van der Waals surface area contributed by atoms with Crippen LogP contribution in [-0.4, -0.2) is 25.3 Å². The Morgan fingerprint density at radius 1 is 1.09 bits per heavy atom. The molecule has 9 heteroatoms. The van der Waals surface area contributed by atoms with Crippen LogP contribution < -0.4 is 4.18 Å². The van der Waals surface area contributed by atoms with Crippen LogP contribution in [-0.2, 0) is 27.6 Å². The average molecular weight is 498 g/mol. The Morgan fingerprint density at radius 2 is 1.76 bits per heavy atom. The molecule has 0 aromatic heterocycles. The molecule has 0 N–H and O–H groups in total. The fraction of sp³-hybridized carbons (Fsp3) is 0.480. The van der Waals surface area contributed by atoms with Gasteiger partial charge in [0.2, 0.25) is 5.91 Å². The van der Waals surface area contributed by atoms with E-state index in [0.717, 1.165) is 24.6 Å². The summed E-state index contributed by atoms with van der Waals surface area (Å²) in [6.07, 6.45) is 1.48. The number of rotatable bonds is 9. The minimum atomic E-state index is -4.67. The van der Waals surface area contributed by atoms with Gasteiger partial charge in [0, 0.05) is 19.0 Å². The van der Waals surface area contributed by atoms with E-state index >= 15 is 0 Å². The van der Waals surface area contributed by atoms with Crippen LogP contribution in [0.4, 0.5) is 13.2 Å². The zero-order valence-corrected chi connectivity index (χ0v) is 20.2. The summed E-state index contributed by atoms with van der Waals surface area (Å²) in [7, 11) is -4.47. The minimum absolute atomic E-state index is 0.0305. The Bertz CT molecular complexity index is 1090. The molecule has 186 valence electrons. The summed E-state index contributed by atoms with van der Waals surface area (Å²) in [5.41, 5.74) is -0.408. The van der Waals surface area contributed by atoms with Crippen molar-refractivity contribution < 1.29 is 30.6 Å². The maximum absolute atomic E-state index is 13.0. The molecule has 1 aliphatic carbocycles. The van der Waals surface area contributed by atoms with Crippen molar-refractivity contribution in [3.8, 4) is 5.75 Å². The predicted octanol–water partition coefficient (Wildman–Crippen LogP) is 6.18. The average Bonchev–Trinajstić information content (AvgIpc) is 3.29. The van der Waals surface area contributed by atoms with Crippen molar-refractivity contribution >= 4 is 16.0 Å². The summed E-state index contributed by atoms with van der Waals surface area (Å²) < 4.78 is 69.2. The first-order valence-electron chi connectivity index (χ1n) is 11.5. The van der Waals surface area contributed by atoms with E-state index in [0.29, 0.717) is 24.0 Å². The molecule has 1 fully saturated rings. The molecule has 0 saturated heterocycles. The number of hydrogen-bond acceptors (Lipinski definition) is 4. The monoisotopic (exact) mass is 497 g/mol. The minimum Gasteiger partial charge on any atom is -0.379 e. The van der Waals surface area contributed by atoms with Gasteiger partial charge in [-0.2, -0.15) is 21.6 Å². The first-order valence-corrected chi connectivity index (χ1v) is 12.9. The molecule has 0 spiro atoms. The topological polar surface area (TPSA) is 63.7 Å². The van der Waals surface area contributed by atoms with Gasteiger partial charge >= 0.3 is 16.3 Å². The molecule has 5 nitrogen and oxygen atoms in total. The van der Waals surface area contributed by atoms with Gasteiger partial charge in [0.1, 0.15) is 10.6 Å². The van der Waals surface area contributed by atoms with E-state index in [1.165, 1.54) is 37.8 Å². The lowest BCUT2D eigenvalue weighted by atomic mass is 10.0. The van der Waals surface area contributed by atoms with Crippen molar-refractivity contribution in [1.29, 1.82) is 0 Å². The molecule has 2 aromatic rings. The fourth-order valence-corrected chi connectivity index (χ4v) is 5.19. The van der Waals surface area contributed by atoms with Crippen LogP contribution in [0.1, 0.15) is 63.5 Å². The molecule has 0 aliphatic heterocycles. The summed E-state index contributed by atoms with van der Waals surface area (Å²) in [4.78, 5) is 14.0. The molecule has 34 heavy (non-hydrogen) atoms. The first-order chi connectivity index (χ1) is 16.0. The largest absolute Gasteiger partial charge is 0.416 e. The number of nitrogens with zero attached hydrogens (tertiary/aromatic N) is 1. The van der Waals surface area contributed by atoms with E-state index in [1.54, 1.807) is 17.0 Å². The van der Waals surface area contributed by atoms with Crippen molar-refractivity contribution in [2.24, 2.45) is 5.92 Å².